The van der Waals surface area contributed by atoms with Crippen LogP contribution in [0.2, 0.25) is 0 Å². The third kappa shape index (κ3) is 5.00. The van der Waals surface area contributed by atoms with E-state index in [9.17, 15) is 9.18 Å². The van der Waals surface area contributed by atoms with E-state index in [0.29, 0.717) is 30.7 Å². The van der Waals surface area contributed by atoms with E-state index >= 15 is 0 Å². The standard InChI is InChI=1S/C22H28FNO3/c1-6-24(16-8-10-19(22(25)26)20(23)11-16)17-7-9-18(15(4)5)21(12-17)27-13-14(2)3/h7-12,14-15H,6,13H2,1-5H3,(H,25,26). The van der Waals surface area contributed by atoms with Gasteiger partial charge in [-0.05, 0) is 48.6 Å². The SMILES string of the molecule is CCN(c1ccc(C(=O)O)c(F)c1)c1ccc(C(C)C)c(OCC(C)C)c1. The van der Waals surface area contributed by atoms with E-state index in [4.69, 9.17) is 9.84 Å². The van der Waals surface area contributed by atoms with Crippen LogP contribution in [0.3, 0.4) is 0 Å². The first-order valence-electron chi connectivity index (χ1n) is 9.31. The highest BCUT2D eigenvalue weighted by Gasteiger charge is 2.16. The highest BCUT2D eigenvalue weighted by molar-refractivity contribution is 5.88. The van der Waals surface area contributed by atoms with Crippen molar-refractivity contribution in [1.82, 2.24) is 0 Å². The molecule has 0 aromatic heterocycles. The molecule has 0 amide bonds. The molecule has 0 saturated carbocycles. The molecule has 2 aromatic rings. The zero-order valence-electron chi connectivity index (χ0n) is 16.6. The van der Waals surface area contributed by atoms with E-state index in [0.717, 1.165) is 17.0 Å². The molecule has 0 spiro atoms. The molecule has 0 aliphatic rings. The number of carboxylic acid groups (broad SMARTS) is 1. The monoisotopic (exact) mass is 373 g/mol. The molecule has 0 saturated heterocycles. The van der Waals surface area contributed by atoms with E-state index in [1.54, 1.807) is 6.07 Å². The van der Waals surface area contributed by atoms with Crippen LogP contribution in [-0.2, 0) is 0 Å². The summed E-state index contributed by atoms with van der Waals surface area (Å²) in [6, 6.07) is 10.2. The number of halogens is 1. The Morgan fingerprint density at radius 3 is 2.26 bits per heavy atom. The topological polar surface area (TPSA) is 49.8 Å². The lowest BCUT2D eigenvalue weighted by atomic mass is 10.0. The molecule has 27 heavy (non-hydrogen) atoms. The first-order valence-corrected chi connectivity index (χ1v) is 9.31. The van der Waals surface area contributed by atoms with Crippen molar-refractivity contribution >= 4 is 17.3 Å². The minimum absolute atomic E-state index is 0.323. The predicted molar refractivity (Wildman–Crippen MR) is 107 cm³/mol. The fourth-order valence-corrected chi connectivity index (χ4v) is 2.91. The number of aromatic carboxylic acids is 1. The number of carboxylic acids is 1. The van der Waals surface area contributed by atoms with Gasteiger partial charge in [0, 0.05) is 24.0 Å². The number of hydrogen-bond donors (Lipinski definition) is 1. The number of ether oxygens (including phenoxy) is 1. The van der Waals surface area contributed by atoms with Crippen molar-refractivity contribution < 1.29 is 19.0 Å². The number of benzene rings is 2. The summed E-state index contributed by atoms with van der Waals surface area (Å²) in [4.78, 5) is 13.0. The van der Waals surface area contributed by atoms with Gasteiger partial charge in [0.05, 0.1) is 12.2 Å². The largest absolute Gasteiger partial charge is 0.493 e. The maximum atomic E-state index is 14.1. The third-order valence-corrected chi connectivity index (χ3v) is 4.31. The Kier molecular flexibility index (Phi) is 6.83. The predicted octanol–water partition coefficient (Wildman–Crippen LogP) is 5.84. The van der Waals surface area contributed by atoms with Gasteiger partial charge in [0.15, 0.2) is 0 Å². The second kappa shape index (κ2) is 8.89. The lowest BCUT2D eigenvalue weighted by molar-refractivity contribution is 0.0692. The van der Waals surface area contributed by atoms with Crippen LogP contribution in [0.25, 0.3) is 0 Å². The Labute approximate surface area is 160 Å². The minimum atomic E-state index is -1.27. The van der Waals surface area contributed by atoms with Crippen molar-refractivity contribution in [2.75, 3.05) is 18.1 Å². The van der Waals surface area contributed by atoms with Gasteiger partial charge >= 0.3 is 5.97 Å². The second-order valence-electron chi connectivity index (χ2n) is 7.30. The van der Waals surface area contributed by atoms with Gasteiger partial charge in [-0.3, -0.25) is 0 Å². The molecule has 0 bridgehead atoms. The summed E-state index contributed by atoms with van der Waals surface area (Å²) in [5.41, 5.74) is 2.28. The number of nitrogens with zero attached hydrogens (tertiary/aromatic N) is 1. The Morgan fingerprint density at radius 1 is 1.11 bits per heavy atom. The van der Waals surface area contributed by atoms with Crippen molar-refractivity contribution in [3.63, 3.8) is 0 Å². The van der Waals surface area contributed by atoms with Crippen LogP contribution in [0.5, 0.6) is 5.75 Å². The van der Waals surface area contributed by atoms with Gasteiger partial charge in [0.1, 0.15) is 11.6 Å². The molecule has 0 aliphatic carbocycles. The first-order chi connectivity index (χ1) is 12.7. The van der Waals surface area contributed by atoms with Gasteiger partial charge in [-0.25, -0.2) is 9.18 Å². The summed E-state index contributed by atoms with van der Waals surface area (Å²) < 4.78 is 20.2. The number of hydrogen-bond acceptors (Lipinski definition) is 3. The Balaban J connectivity index is 2.43. The molecule has 0 fully saturated rings. The number of carbonyl (C=O) groups is 1. The van der Waals surface area contributed by atoms with Gasteiger partial charge in [-0.2, -0.15) is 0 Å². The van der Waals surface area contributed by atoms with Crippen LogP contribution in [0.1, 0.15) is 56.5 Å². The van der Waals surface area contributed by atoms with Gasteiger partial charge in [-0.1, -0.05) is 33.8 Å². The van der Waals surface area contributed by atoms with Crippen molar-refractivity contribution in [2.45, 2.75) is 40.5 Å². The Hall–Kier alpha value is -2.56. The van der Waals surface area contributed by atoms with Gasteiger partial charge < -0.3 is 14.7 Å². The summed E-state index contributed by atoms with van der Waals surface area (Å²) in [6.45, 7) is 11.6. The average Bonchev–Trinajstić information content (AvgIpc) is 2.60. The molecule has 5 heteroatoms. The highest BCUT2D eigenvalue weighted by atomic mass is 19.1. The third-order valence-electron chi connectivity index (χ3n) is 4.31. The molecular weight excluding hydrogens is 345 g/mol. The molecule has 2 aromatic carbocycles. The molecule has 146 valence electrons. The van der Waals surface area contributed by atoms with Gasteiger partial charge in [-0.15, -0.1) is 0 Å². The van der Waals surface area contributed by atoms with E-state index < -0.39 is 11.8 Å². The lowest BCUT2D eigenvalue weighted by Gasteiger charge is -2.25. The summed E-state index contributed by atoms with van der Waals surface area (Å²) in [7, 11) is 0. The number of rotatable bonds is 8. The molecule has 0 radical (unpaired) electrons. The average molecular weight is 373 g/mol. The maximum Gasteiger partial charge on any atom is 0.338 e. The fourth-order valence-electron chi connectivity index (χ4n) is 2.91. The van der Waals surface area contributed by atoms with Crippen molar-refractivity contribution in [2.24, 2.45) is 5.92 Å². The Bertz CT molecular complexity index is 802. The molecule has 2 rings (SSSR count). The smallest absolute Gasteiger partial charge is 0.338 e. The molecule has 0 unspecified atom stereocenters. The van der Waals surface area contributed by atoms with E-state index in [-0.39, 0.29) is 5.56 Å². The zero-order valence-corrected chi connectivity index (χ0v) is 16.6. The molecular formula is C22H28FNO3. The molecule has 0 aliphatic heterocycles. The highest BCUT2D eigenvalue weighted by Crippen LogP contribution is 2.34. The van der Waals surface area contributed by atoms with Crippen LogP contribution in [0, 0.1) is 11.7 Å². The van der Waals surface area contributed by atoms with Crippen molar-refractivity contribution in [1.29, 1.82) is 0 Å². The second-order valence-corrected chi connectivity index (χ2v) is 7.30. The van der Waals surface area contributed by atoms with Crippen LogP contribution in [0.15, 0.2) is 36.4 Å². The van der Waals surface area contributed by atoms with Crippen LogP contribution in [-0.4, -0.2) is 24.2 Å². The summed E-state index contributed by atoms with van der Waals surface area (Å²) in [5.74, 6) is -0.448. The van der Waals surface area contributed by atoms with Gasteiger partial charge in [0.2, 0.25) is 0 Å². The Morgan fingerprint density at radius 2 is 1.74 bits per heavy atom. The molecule has 1 N–H and O–H groups in total. The van der Waals surface area contributed by atoms with E-state index in [2.05, 4.69) is 27.7 Å². The molecule has 0 atom stereocenters. The van der Waals surface area contributed by atoms with E-state index in [1.165, 1.54) is 12.1 Å². The zero-order chi connectivity index (χ0) is 20.1. The van der Waals surface area contributed by atoms with Crippen LogP contribution < -0.4 is 9.64 Å². The fraction of sp³-hybridized carbons (Fsp3) is 0.409. The molecule has 4 nitrogen and oxygen atoms in total. The van der Waals surface area contributed by atoms with E-state index in [1.807, 2.05) is 30.0 Å². The number of anilines is 2. The van der Waals surface area contributed by atoms with Crippen molar-refractivity contribution in [3.05, 3.63) is 53.3 Å². The minimum Gasteiger partial charge on any atom is -0.493 e. The van der Waals surface area contributed by atoms with Crippen LogP contribution in [0.4, 0.5) is 15.8 Å². The van der Waals surface area contributed by atoms with Gasteiger partial charge in [0.25, 0.3) is 0 Å². The quantitative estimate of drug-likeness (QED) is 0.631. The maximum absolute atomic E-state index is 14.1. The lowest BCUT2D eigenvalue weighted by Crippen LogP contribution is -2.17. The summed E-state index contributed by atoms with van der Waals surface area (Å²) in [6.07, 6.45) is 0. The summed E-state index contributed by atoms with van der Waals surface area (Å²) >= 11 is 0. The van der Waals surface area contributed by atoms with Crippen LogP contribution >= 0.6 is 0 Å². The normalized spacial score (nSPS) is 11.1. The molecule has 0 heterocycles. The van der Waals surface area contributed by atoms with Crippen molar-refractivity contribution in [3.8, 4) is 5.75 Å². The summed E-state index contributed by atoms with van der Waals surface area (Å²) in [5, 5.41) is 9.02. The first kappa shape index (κ1) is 20.7.